The van der Waals surface area contributed by atoms with Gasteiger partial charge in [0.15, 0.2) is 11.5 Å². The highest BCUT2D eigenvalue weighted by atomic mass is 79.9. The first-order valence-electron chi connectivity index (χ1n) is 10.6. The minimum atomic E-state index is -0.464. The van der Waals surface area contributed by atoms with E-state index in [1.165, 1.54) is 11.8 Å². The number of rotatable bonds is 8. The van der Waals surface area contributed by atoms with Crippen molar-refractivity contribution >= 4 is 50.6 Å². The first-order chi connectivity index (χ1) is 16.4. The number of nitrogens with one attached hydrogen (secondary N) is 1. The summed E-state index contributed by atoms with van der Waals surface area (Å²) in [6.45, 7) is 4.90. The van der Waals surface area contributed by atoms with Crippen LogP contribution in [0.1, 0.15) is 34.2 Å². The number of carbonyl (C=O) groups excluding carboxylic acids is 1. The van der Waals surface area contributed by atoms with Crippen molar-refractivity contribution in [3.8, 4) is 11.5 Å². The van der Waals surface area contributed by atoms with E-state index >= 15 is 0 Å². The average Bonchev–Trinajstić information content (AvgIpc) is 3.23. The lowest BCUT2D eigenvalue weighted by atomic mass is 10.2. The molecule has 174 valence electrons. The Kier molecular flexibility index (Phi) is 7.55. The van der Waals surface area contributed by atoms with Gasteiger partial charge in [0.05, 0.1) is 22.3 Å². The number of hydrogen-bond donors (Lipinski definition) is 1. The van der Waals surface area contributed by atoms with Gasteiger partial charge in [0, 0.05) is 5.39 Å². The molecule has 6 nitrogen and oxygen atoms in total. The summed E-state index contributed by atoms with van der Waals surface area (Å²) in [7, 11) is 0. The number of fused-ring (bicyclic) bond motifs is 1. The smallest absolute Gasteiger partial charge is 0.307 e. The van der Waals surface area contributed by atoms with Crippen LogP contribution in [0, 0.1) is 6.92 Å². The number of hydrogen-bond acceptors (Lipinski definition) is 5. The van der Waals surface area contributed by atoms with Crippen molar-refractivity contribution in [2.45, 2.75) is 20.5 Å². The van der Waals surface area contributed by atoms with E-state index in [-0.39, 0.29) is 5.76 Å². The Morgan fingerprint density at radius 2 is 1.91 bits per heavy atom. The summed E-state index contributed by atoms with van der Waals surface area (Å²) < 4.78 is 17.7. The zero-order valence-corrected chi connectivity index (χ0v) is 20.9. The van der Waals surface area contributed by atoms with Crippen LogP contribution >= 0.6 is 27.5 Å². The Hall–Kier alpha value is -3.29. The Balaban J connectivity index is 1.39. The van der Waals surface area contributed by atoms with Gasteiger partial charge in [-0.15, -0.1) is 0 Å². The van der Waals surface area contributed by atoms with Gasteiger partial charge in [-0.2, -0.15) is 5.10 Å². The molecule has 0 aliphatic rings. The number of halogens is 2. The maximum Gasteiger partial charge on any atom is 0.307 e. The number of ether oxygens (including phenoxy) is 2. The highest BCUT2D eigenvalue weighted by Gasteiger charge is 2.13. The molecule has 1 amide bonds. The molecule has 0 spiro atoms. The minimum Gasteiger partial charge on any atom is -0.494 e. The topological polar surface area (TPSA) is 73.1 Å². The molecule has 4 aromatic rings. The summed E-state index contributed by atoms with van der Waals surface area (Å²) in [5.41, 5.74) is 5.98. The number of hydrazone groups is 1. The van der Waals surface area contributed by atoms with Gasteiger partial charge < -0.3 is 13.9 Å². The SMILES string of the molecule is CCOc1ccc2oc(C(=O)N/N=C/c3cc(Cl)c(OCc4ccc(C)cc4)c(Br)c3)cc2c1. The second-order valence-electron chi connectivity index (χ2n) is 7.53. The molecule has 0 bridgehead atoms. The molecule has 0 radical (unpaired) electrons. The summed E-state index contributed by atoms with van der Waals surface area (Å²) >= 11 is 9.91. The van der Waals surface area contributed by atoms with Gasteiger partial charge in [0.1, 0.15) is 17.9 Å². The fourth-order valence-electron chi connectivity index (χ4n) is 3.24. The monoisotopic (exact) mass is 540 g/mol. The van der Waals surface area contributed by atoms with E-state index in [0.29, 0.717) is 39.6 Å². The van der Waals surface area contributed by atoms with Crippen LogP contribution in [0.2, 0.25) is 5.02 Å². The molecule has 0 atom stereocenters. The molecule has 1 aromatic heterocycles. The quantitative estimate of drug-likeness (QED) is 0.195. The molecule has 0 saturated heterocycles. The Morgan fingerprint density at radius 1 is 1.12 bits per heavy atom. The van der Waals surface area contributed by atoms with Crippen molar-refractivity contribution in [3.05, 3.63) is 92.6 Å². The Morgan fingerprint density at radius 3 is 2.65 bits per heavy atom. The third-order valence-corrected chi connectivity index (χ3v) is 5.80. The molecule has 4 rings (SSSR count). The lowest BCUT2D eigenvalue weighted by molar-refractivity contribution is 0.0929. The molecule has 1 heterocycles. The molecule has 3 aromatic carbocycles. The second kappa shape index (κ2) is 10.8. The van der Waals surface area contributed by atoms with E-state index in [2.05, 4.69) is 26.5 Å². The molecule has 0 fully saturated rings. The van der Waals surface area contributed by atoms with Crippen LogP contribution < -0.4 is 14.9 Å². The Bertz CT molecular complexity index is 1330. The summed E-state index contributed by atoms with van der Waals surface area (Å²) in [5.74, 6) is 0.945. The van der Waals surface area contributed by atoms with Gasteiger partial charge in [-0.25, -0.2) is 5.43 Å². The van der Waals surface area contributed by atoms with Crippen LogP contribution in [-0.2, 0) is 6.61 Å². The molecule has 0 aliphatic heterocycles. The van der Waals surface area contributed by atoms with E-state index < -0.39 is 5.91 Å². The number of aryl methyl sites for hydroxylation is 1. The van der Waals surface area contributed by atoms with Gasteiger partial charge in [-0.3, -0.25) is 4.79 Å². The van der Waals surface area contributed by atoms with Crippen molar-refractivity contribution in [2.75, 3.05) is 6.61 Å². The van der Waals surface area contributed by atoms with Gasteiger partial charge in [-0.1, -0.05) is 41.4 Å². The van der Waals surface area contributed by atoms with Gasteiger partial charge in [-0.05, 0) is 77.3 Å². The van der Waals surface area contributed by atoms with Crippen LogP contribution in [0.25, 0.3) is 11.0 Å². The van der Waals surface area contributed by atoms with Crippen LogP contribution in [0.5, 0.6) is 11.5 Å². The van der Waals surface area contributed by atoms with Crippen molar-refractivity contribution in [1.29, 1.82) is 0 Å². The Labute approximate surface area is 210 Å². The number of nitrogens with zero attached hydrogens (tertiary/aromatic N) is 1. The third kappa shape index (κ3) is 5.79. The number of amides is 1. The van der Waals surface area contributed by atoms with Crippen molar-refractivity contribution < 1.29 is 18.7 Å². The summed E-state index contributed by atoms with van der Waals surface area (Å²) in [6, 6.07) is 18.7. The molecule has 0 unspecified atom stereocenters. The van der Waals surface area contributed by atoms with Crippen molar-refractivity contribution in [2.24, 2.45) is 5.10 Å². The predicted octanol–water partition coefficient (Wildman–Crippen LogP) is 6.90. The van der Waals surface area contributed by atoms with E-state index in [0.717, 1.165) is 16.7 Å². The standard InChI is InChI=1S/C26H22BrClN2O4/c1-3-32-20-8-9-23-19(12-20)13-24(34-23)26(31)30-29-14-18-10-21(27)25(22(28)11-18)33-15-17-6-4-16(2)5-7-17/h4-14H,3,15H2,1-2H3,(H,30,31)/b29-14+. The highest BCUT2D eigenvalue weighted by molar-refractivity contribution is 9.10. The average molecular weight is 542 g/mol. The van der Waals surface area contributed by atoms with E-state index in [1.807, 2.05) is 50.2 Å². The van der Waals surface area contributed by atoms with E-state index in [9.17, 15) is 4.79 Å². The number of benzene rings is 3. The normalized spacial score (nSPS) is 11.2. The second-order valence-corrected chi connectivity index (χ2v) is 8.79. The fourth-order valence-corrected chi connectivity index (χ4v) is 4.23. The predicted molar refractivity (Wildman–Crippen MR) is 137 cm³/mol. The van der Waals surface area contributed by atoms with Crippen molar-refractivity contribution in [3.63, 3.8) is 0 Å². The molecule has 0 saturated carbocycles. The first-order valence-corrected chi connectivity index (χ1v) is 11.8. The van der Waals surface area contributed by atoms with Crippen LogP contribution in [-0.4, -0.2) is 18.7 Å². The van der Waals surface area contributed by atoms with Crippen LogP contribution in [0.4, 0.5) is 0 Å². The van der Waals surface area contributed by atoms with Crippen LogP contribution in [0.15, 0.2) is 74.7 Å². The molecule has 8 heteroatoms. The molecule has 0 aliphatic carbocycles. The van der Waals surface area contributed by atoms with E-state index in [1.54, 1.807) is 24.3 Å². The van der Waals surface area contributed by atoms with Crippen LogP contribution in [0.3, 0.4) is 0 Å². The minimum absolute atomic E-state index is 0.153. The zero-order chi connectivity index (χ0) is 24.1. The summed E-state index contributed by atoms with van der Waals surface area (Å²) in [4.78, 5) is 12.4. The first kappa shape index (κ1) is 23.9. The zero-order valence-electron chi connectivity index (χ0n) is 18.6. The number of carbonyl (C=O) groups is 1. The van der Waals surface area contributed by atoms with E-state index in [4.69, 9.17) is 25.5 Å². The fraction of sp³-hybridized carbons (Fsp3) is 0.154. The third-order valence-electron chi connectivity index (χ3n) is 4.93. The molecule has 1 N–H and O–H groups in total. The maximum absolute atomic E-state index is 12.4. The summed E-state index contributed by atoms with van der Waals surface area (Å²) in [5, 5.41) is 5.22. The number of furan rings is 1. The lowest BCUT2D eigenvalue weighted by Crippen LogP contribution is -2.16. The molecular formula is C26H22BrClN2O4. The van der Waals surface area contributed by atoms with Gasteiger partial charge >= 0.3 is 5.91 Å². The lowest BCUT2D eigenvalue weighted by Gasteiger charge is -2.11. The largest absolute Gasteiger partial charge is 0.494 e. The highest BCUT2D eigenvalue weighted by Crippen LogP contribution is 2.34. The summed E-state index contributed by atoms with van der Waals surface area (Å²) in [6.07, 6.45) is 1.49. The van der Waals surface area contributed by atoms with Gasteiger partial charge in [0.2, 0.25) is 0 Å². The molecule has 34 heavy (non-hydrogen) atoms. The van der Waals surface area contributed by atoms with Gasteiger partial charge in [0.25, 0.3) is 0 Å². The van der Waals surface area contributed by atoms with Crippen molar-refractivity contribution in [1.82, 2.24) is 5.43 Å². The maximum atomic E-state index is 12.4. The molecular weight excluding hydrogens is 520 g/mol.